The molecule has 0 aliphatic rings. The van der Waals surface area contributed by atoms with Crippen molar-refractivity contribution in [2.24, 2.45) is 11.8 Å². The zero-order valence-corrected chi connectivity index (χ0v) is 10.2. The van der Waals surface area contributed by atoms with E-state index < -0.39 is 0 Å². The number of aliphatic hydroxyl groups is 1. The number of hydrogen-bond donors (Lipinski definition) is 2. The smallest absolute Gasteiger partial charge is 0.230 e. The summed E-state index contributed by atoms with van der Waals surface area (Å²) in [6.07, 6.45) is 0. The van der Waals surface area contributed by atoms with Crippen molar-refractivity contribution in [3.05, 3.63) is 16.5 Å². The molecule has 0 saturated heterocycles. The van der Waals surface area contributed by atoms with E-state index in [1.54, 1.807) is 12.1 Å². The van der Waals surface area contributed by atoms with Crippen molar-refractivity contribution in [1.29, 1.82) is 0 Å². The number of rotatable bonds is 4. The first kappa shape index (κ1) is 12.5. The molecule has 0 saturated carbocycles. The minimum absolute atomic E-state index is 0.116. The monoisotopic (exact) mass is 247 g/mol. The van der Waals surface area contributed by atoms with Gasteiger partial charge in [0, 0.05) is 0 Å². The molecule has 1 aromatic rings. The lowest BCUT2D eigenvalue weighted by molar-refractivity contribution is -0.122. The van der Waals surface area contributed by atoms with Gasteiger partial charge in [0.25, 0.3) is 0 Å². The van der Waals surface area contributed by atoms with E-state index in [1.165, 1.54) is 11.3 Å². The quantitative estimate of drug-likeness (QED) is 0.859. The van der Waals surface area contributed by atoms with E-state index in [1.807, 2.05) is 13.8 Å². The van der Waals surface area contributed by atoms with Crippen LogP contribution >= 0.6 is 22.9 Å². The Morgan fingerprint density at radius 3 is 2.67 bits per heavy atom. The van der Waals surface area contributed by atoms with Crippen LogP contribution in [-0.2, 0) is 4.79 Å². The van der Waals surface area contributed by atoms with E-state index >= 15 is 0 Å². The summed E-state index contributed by atoms with van der Waals surface area (Å²) in [7, 11) is 0. The summed E-state index contributed by atoms with van der Waals surface area (Å²) in [6.45, 7) is 3.67. The van der Waals surface area contributed by atoms with Crippen LogP contribution in [0.4, 0.5) is 5.00 Å². The first-order valence-corrected chi connectivity index (χ1v) is 5.91. The van der Waals surface area contributed by atoms with Gasteiger partial charge in [-0.2, -0.15) is 0 Å². The predicted molar refractivity (Wildman–Crippen MR) is 63.4 cm³/mol. The zero-order valence-electron chi connectivity index (χ0n) is 8.66. The van der Waals surface area contributed by atoms with Crippen molar-refractivity contribution in [3.63, 3.8) is 0 Å². The Morgan fingerprint density at radius 1 is 1.60 bits per heavy atom. The fourth-order valence-corrected chi connectivity index (χ4v) is 2.14. The molecular weight excluding hydrogens is 234 g/mol. The Morgan fingerprint density at radius 2 is 2.27 bits per heavy atom. The van der Waals surface area contributed by atoms with Gasteiger partial charge < -0.3 is 10.4 Å². The molecule has 0 radical (unpaired) electrons. The number of carbonyl (C=O) groups excluding carboxylic acids is 1. The lowest BCUT2D eigenvalue weighted by atomic mass is 9.96. The lowest BCUT2D eigenvalue weighted by Crippen LogP contribution is -2.29. The van der Waals surface area contributed by atoms with E-state index in [-0.39, 0.29) is 24.3 Å². The van der Waals surface area contributed by atoms with Gasteiger partial charge in [0.1, 0.15) is 0 Å². The maximum Gasteiger partial charge on any atom is 0.230 e. The zero-order chi connectivity index (χ0) is 11.4. The second kappa shape index (κ2) is 5.49. The van der Waals surface area contributed by atoms with Crippen molar-refractivity contribution in [3.8, 4) is 0 Å². The minimum Gasteiger partial charge on any atom is -0.396 e. The van der Waals surface area contributed by atoms with Crippen LogP contribution in [0, 0.1) is 11.8 Å². The van der Waals surface area contributed by atoms with Gasteiger partial charge in [0.15, 0.2) is 0 Å². The molecule has 1 aromatic heterocycles. The summed E-state index contributed by atoms with van der Waals surface area (Å²) in [5.74, 6) is -0.415. The second-order valence-corrected chi connectivity index (χ2v) is 5.34. The maximum absolute atomic E-state index is 11.7. The highest BCUT2D eigenvalue weighted by atomic mass is 35.5. The van der Waals surface area contributed by atoms with Crippen LogP contribution in [0.15, 0.2) is 12.1 Å². The van der Waals surface area contributed by atoms with Gasteiger partial charge in [0.2, 0.25) is 5.91 Å². The average molecular weight is 248 g/mol. The van der Waals surface area contributed by atoms with E-state index in [9.17, 15) is 4.79 Å². The number of hydrogen-bond acceptors (Lipinski definition) is 3. The molecule has 15 heavy (non-hydrogen) atoms. The summed E-state index contributed by atoms with van der Waals surface area (Å²) >= 11 is 7.05. The molecule has 0 aliphatic heterocycles. The molecule has 0 fully saturated rings. The SMILES string of the molecule is CC(C)C(CO)C(=O)Nc1ccc(Cl)s1. The number of nitrogens with one attached hydrogen (secondary N) is 1. The van der Waals surface area contributed by atoms with Gasteiger partial charge >= 0.3 is 0 Å². The summed E-state index contributed by atoms with van der Waals surface area (Å²) in [6, 6.07) is 3.48. The summed E-state index contributed by atoms with van der Waals surface area (Å²) in [5, 5.41) is 12.5. The van der Waals surface area contributed by atoms with E-state index in [0.717, 1.165) is 0 Å². The van der Waals surface area contributed by atoms with Gasteiger partial charge in [-0.15, -0.1) is 11.3 Å². The molecule has 1 rings (SSSR count). The van der Waals surface area contributed by atoms with Crippen LogP contribution in [-0.4, -0.2) is 17.6 Å². The molecule has 0 aliphatic carbocycles. The third-order valence-electron chi connectivity index (χ3n) is 2.16. The Balaban J connectivity index is 2.62. The molecule has 0 spiro atoms. The van der Waals surface area contributed by atoms with Crippen LogP contribution in [0.5, 0.6) is 0 Å². The highest BCUT2D eigenvalue weighted by molar-refractivity contribution is 7.20. The normalized spacial score (nSPS) is 12.9. The van der Waals surface area contributed by atoms with Gasteiger partial charge in [-0.05, 0) is 18.1 Å². The molecule has 1 atom stereocenters. The van der Waals surface area contributed by atoms with Crippen molar-refractivity contribution < 1.29 is 9.90 Å². The molecule has 1 heterocycles. The van der Waals surface area contributed by atoms with E-state index in [4.69, 9.17) is 16.7 Å². The summed E-state index contributed by atoms with van der Waals surface area (Å²) < 4.78 is 0.635. The maximum atomic E-state index is 11.7. The largest absolute Gasteiger partial charge is 0.396 e. The highest BCUT2D eigenvalue weighted by Crippen LogP contribution is 2.26. The second-order valence-electron chi connectivity index (χ2n) is 3.63. The molecule has 1 unspecified atom stereocenters. The van der Waals surface area contributed by atoms with Crippen molar-refractivity contribution in [2.45, 2.75) is 13.8 Å². The van der Waals surface area contributed by atoms with Gasteiger partial charge in [0.05, 0.1) is 21.9 Å². The number of anilines is 1. The molecule has 0 aromatic carbocycles. The van der Waals surface area contributed by atoms with Crippen LogP contribution in [0.1, 0.15) is 13.8 Å². The Kier molecular flexibility index (Phi) is 4.57. The fraction of sp³-hybridized carbons (Fsp3) is 0.500. The van der Waals surface area contributed by atoms with E-state index in [0.29, 0.717) is 9.34 Å². The first-order chi connectivity index (χ1) is 7.04. The van der Waals surface area contributed by atoms with Crippen molar-refractivity contribution in [2.75, 3.05) is 11.9 Å². The van der Waals surface area contributed by atoms with Gasteiger partial charge in [-0.1, -0.05) is 25.4 Å². The fourth-order valence-electron chi connectivity index (χ4n) is 1.19. The first-order valence-electron chi connectivity index (χ1n) is 4.71. The third-order valence-corrected chi connectivity index (χ3v) is 3.30. The molecule has 2 N–H and O–H groups in total. The third kappa shape index (κ3) is 3.48. The van der Waals surface area contributed by atoms with Crippen LogP contribution in [0.3, 0.4) is 0 Å². The molecule has 84 valence electrons. The molecule has 1 amide bonds. The van der Waals surface area contributed by atoms with Crippen molar-refractivity contribution >= 4 is 33.8 Å². The Hall–Kier alpha value is -0.580. The van der Waals surface area contributed by atoms with Gasteiger partial charge in [-0.25, -0.2) is 0 Å². The number of aliphatic hydroxyl groups excluding tert-OH is 1. The standard InChI is InChI=1S/C10H14ClNO2S/c1-6(2)7(5-13)10(14)12-9-4-3-8(11)15-9/h3-4,6-7,13H,5H2,1-2H3,(H,12,14). The molecule has 5 heteroatoms. The minimum atomic E-state index is -0.370. The average Bonchev–Trinajstić information content (AvgIpc) is 2.51. The predicted octanol–water partition coefficient (Wildman–Crippen LogP) is 2.60. The molecule has 0 bridgehead atoms. The highest BCUT2D eigenvalue weighted by Gasteiger charge is 2.21. The van der Waals surface area contributed by atoms with Crippen molar-refractivity contribution in [1.82, 2.24) is 0 Å². The van der Waals surface area contributed by atoms with Crippen LogP contribution in [0.2, 0.25) is 4.34 Å². The number of thiophene rings is 1. The van der Waals surface area contributed by atoms with Crippen LogP contribution < -0.4 is 5.32 Å². The summed E-state index contributed by atoms with van der Waals surface area (Å²) in [4.78, 5) is 11.7. The number of halogens is 1. The number of carbonyl (C=O) groups is 1. The molecule has 3 nitrogen and oxygen atoms in total. The topological polar surface area (TPSA) is 49.3 Å². The summed E-state index contributed by atoms with van der Waals surface area (Å²) in [5.41, 5.74) is 0. The Labute approximate surface area is 98.1 Å². The molecular formula is C10H14ClNO2S. The number of amides is 1. The lowest BCUT2D eigenvalue weighted by Gasteiger charge is -2.16. The Bertz CT molecular complexity index is 338. The van der Waals surface area contributed by atoms with Gasteiger partial charge in [-0.3, -0.25) is 4.79 Å². The van der Waals surface area contributed by atoms with E-state index in [2.05, 4.69) is 5.32 Å². The van der Waals surface area contributed by atoms with Crippen LogP contribution in [0.25, 0.3) is 0 Å².